The first kappa shape index (κ1) is 59.3. The van der Waals surface area contributed by atoms with E-state index in [4.69, 9.17) is 29.4 Å². The van der Waals surface area contributed by atoms with Crippen LogP contribution in [-0.4, -0.2) is 76.0 Å². The summed E-state index contributed by atoms with van der Waals surface area (Å²) < 4.78 is 45.8. The third-order valence-electron chi connectivity index (χ3n) is 17.9. The third-order valence-corrected chi connectivity index (χ3v) is 17.9. The van der Waals surface area contributed by atoms with Crippen LogP contribution < -0.4 is 10.6 Å². The molecule has 2 aliphatic carbocycles. The Morgan fingerprint density at radius 3 is 1.55 bits per heavy atom. The second-order valence-corrected chi connectivity index (χ2v) is 23.5. The van der Waals surface area contributed by atoms with E-state index in [2.05, 4.69) is 136 Å². The quantitative estimate of drug-likeness (QED) is 0.0907. The standard InChI is InChI=1S/C45H42N4O3.C25H25N3O2.C2HF3O/c1-31(32-14-6-2-7-15-32)46-43(50)40-28-34-29-41-38(30-39(34)47-40)42(33-22-24-44(25-23-33)51-26-27-52-44)48-49(41)45(35-16-8-3-9-17-35,36-18-10-4-11-19-36)37-20-12-5-13-21-37;1-15(16-5-3-2-4-6-16)27-25(30)23-12-18-11-19-14-26-24(21(19)13-22(18)28-23)17-7-9-20(29)10-8-17;3-2(4,5)1-6/h2-21,29-31,33H,22-28H2,1H3,(H,46,50);2-6,11,13,15,17H,7-10,12,14H2,1H3,(H,27,30);1H/t31-;15-;/m11./s1. The number of ether oxygens (including phenoxy) is 2. The van der Waals surface area contributed by atoms with E-state index in [1.54, 1.807) is 0 Å². The van der Waals surface area contributed by atoms with Crippen molar-refractivity contribution in [3.05, 3.63) is 232 Å². The summed E-state index contributed by atoms with van der Waals surface area (Å²) in [6, 6.07) is 60.6. The minimum atomic E-state index is -4.64. The van der Waals surface area contributed by atoms with Gasteiger partial charge in [-0.05, 0) is 102 Å². The van der Waals surface area contributed by atoms with Crippen LogP contribution in [0, 0.1) is 5.92 Å². The first-order chi connectivity index (χ1) is 42.7. The van der Waals surface area contributed by atoms with E-state index in [0.717, 1.165) is 117 Å². The van der Waals surface area contributed by atoms with Gasteiger partial charge in [0, 0.05) is 67.0 Å². The number of hydrogen-bond acceptors (Lipinski definition) is 10. The highest BCUT2D eigenvalue weighted by Crippen LogP contribution is 2.49. The fourth-order valence-electron chi connectivity index (χ4n) is 13.4. The van der Waals surface area contributed by atoms with E-state index < -0.39 is 23.8 Å². The number of amides is 2. The summed E-state index contributed by atoms with van der Waals surface area (Å²) in [6.07, 6.45) is 1.90. The van der Waals surface area contributed by atoms with Gasteiger partial charge in [-0.2, -0.15) is 18.3 Å². The number of hydrogen-bond donors (Lipinski definition) is 2. The van der Waals surface area contributed by atoms with Crippen molar-refractivity contribution < 1.29 is 41.8 Å². The average Bonchev–Trinajstić information content (AvgIpc) is 1.47. The molecular weight excluding hydrogens is 1120 g/mol. The smallest absolute Gasteiger partial charge is 0.348 e. The van der Waals surface area contributed by atoms with Gasteiger partial charge in [-0.25, -0.2) is 14.7 Å². The minimum Gasteiger partial charge on any atom is -0.348 e. The maximum atomic E-state index is 13.7. The summed E-state index contributed by atoms with van der Waals surface area (Å²) in [5, 5.41) is 13.0. The van der Waals surface area contributed by atoms with Gasteiger partial charge in [0.2, 0.25) is 6.29 Å². The maximum Gasteiger partial charge on any atom is 0.446 e. The number of aliphatic imine (C=N–C) groups is 3. The summed E-state index contributed by atoms with van der Waals surface area (Å²) in [5.74, 6) is 0.217. The number of rotatable bonds is 12. The maximum absolute atomic E-state index is 13.7. The monoisotopic (exact) mass is 1180 g/mol. The molecule has 448 valence electrons. The van der Waals surface area contributed by atoms with Crippen LogP contribution in [0.5, 0.6) is 0 Å². The Kier molecular flexibility index (Phi) is 17.1. The number of halogens is 3. The van der Waals surface area contributed by atoms with Crippen molar-refractivity contribution in [1.29, 1.82) is 0 Å². The number of aromatic nitrogens is 2. The van der Waals surface area contributed by atoms with Crippen molar-refractivity contribution in [3.8, 4) is 0 Å². The van der Waals surface area contributed by atoms with Crippen LogP contribution in [-0.2, 0) is 53.6 Å². The zero-order valence-corrected chi connectivity index (χ0v) is 49.1. The first-order valence-electron chi connectivity index (χ1n) is 30.3. The molecule has 4 aliphatic heterocycles. The Bertz CT molecular complexity index is 3860. The molecule has 5 heterocycles. The highest BCUT2D eigenvalue weighted by molar-refractivity contribution is 6.41. The predicted octanol–water partition coefficient (Wildman–Crippen LogP) is 13.8. The lowest BCUT2D eigenvalue weighted by atomic mass is 9.77. The molecule has 0 bridgehead atoms. The molecule has 3 fully saturated rings. The summed E-state index contributed by atoms with van der Waals surface area (Å²) >= 11 is 0. The normalized spacial score (nSPS) is 17.6. The molecule has 0 unspecified atom stereocenters. The number of nitrogens with zero attached hydrogens (tertiary/aromatic N) is 5. The zero-order valence-electron chi connectivity index (χ0n) is 49.1. The lowest BCUT2D eigenvalue weighted by Gasteiger charge is -2.37. The van der Waals surface area contributed by atoms with E-state index >= 15 is 0 Å². The lowest BCUT2D eigenvalue weighted by molar-refractivity contribution is -0.178. The van der Waals surface area contributed by atoms with Gasteiger partial charge in [0.25, 0.3) is 11.8 Å². The fraction of sp³-hybridized carbons (Fsp3) is 0.306. The van der Waals surface area contributed by atoms with Crippen molar-refractivity contribution in [2.24, 2.45) is 20.9 Å². The van der Waals surface area contributed by atoms with Gasteiger partial charge in [-0.15, -0.1) is 0 Å². The molecule has 14 rings (SSSR count). The predicted molar refractivity (Wildman–Crippen MR) is 334 cm³/mol. The van der Waals surface area contributed by atoms with Gasteiger partial charge < -0.3 is 20.1 Å². The zero-order chi connectivity index (χ0) is 61.0. The van der Waals surface area contributed by atoms with Gasteiger partial charge in [-0.3, -0.25) is 24.2 Å². The van der Waals surface area contributed by atoms with Crippen molar-refractivity contribution in [2.45, 2.75) is 120 Å². The van der Waals surface area contributed by atoms with Gasteiger partial charge in [0.05, 0.1) is 54.4 Å². The topological polar surface area (TPSA) is 166 Å². The molecule has 2 amide bonds. The van der Waals surface area contributed by atoms with Crippen LogP contribution >= 0.6 is 0 Å². The van der Waals surface area contributed by atoms with Crippen LogP contribution in [0.3, 0.4) is 0 Å². The Balaban J connectivity index is 0.000000176. The Labute approximate surface area is 509 Å². The number of carbonyl (C=O) groups is 4. The number of benzene rings is 7. The molecule has 1 aromatic heterocycles. The van der Waals surface area contributed by atoms with Crippen molar-refractivity contribution in [2.75, 3.05) is 13.2 Å². The van der Waals surface area contributed by atoms with Crippen molar-refractivity contribution >= 4 is 63.3 Å². The fourth-order valence-corrected chi connectivity index (χ4v) is 13.4. The molecule has 0 radical (unpaired) electrons. The summed E-state index contributed by atoms with van der Waals surface area (Å²) in [6.45, 7) is 5.99. The summed E-state index contributed by atoms with van der Waals surface area (Å²) in [7, 11) is 0. The molecule has 2 saturated carbocycles. The third kappa shape index (κ3) is 12.3. The minimum absolute atomic E-state index is 0.0668. The molecule has 2 atom stereocenters. The summed E-state index contributed by atoms with van der Waals surface area (Å²) in [5.41, 5.74) is 15.2. The molecule has 7 aromatic carbocycles. The van der Waals surface area contributed by atoms with Crippen LogP contribution in [0.4, 0.5) is 24.5 Å². The number of aldehydes is 1. The van der Waals surface area contributed by atoms with Crippen LogP contribution in [0.2, 0.25) is 0 Å². The van der Waals surface area contributed by atoms with E-state index in [1.165, 1.54) is 5.56 Å². The van der Waals surface area contributed by atoms with E-state index in [-0.39, 0.29) is 29.8 Å². The SMILES string of the molecule is C[C@@H](NC(=O)C1=Nc2cc3c(C4CCC5(CC4)OCCO5)nn(C(c4ccccc4)(c4ccccc4)c4ccccc4)c3cc2C1)c1ccccc1.C[C@@H](NC(=O)C1=Nc2cc3c(cc2C1)CN=C3C1CCC(=O)CC1)c1ccccc1.O=CC(F)(F)F. The Morgan fingerprint density at radius 1 is 0.614 bits per heavy atom. The number of nitrogens with one attached hydrogen (secondary N) is 2. The second kappa shape index (κ2) is 25.4. The van der Waals surface area contributed by atoms with Crippen molar-refractivity contribution in [1.82, 2.24) is 20.4 Å². The van der Waals surface area contributed by atoms with Gasteiger partial charge in [0.1, 0.15) is 22.7 Å². The van der Waals surface area contributed by atoms with E-state index in [1.807, 2.05) is 74.5 Å². The summed E-state index contributed by atoms with van der Waals surface area (Å²) in [4.78, 5) is 61.2. The van der Waals surface area contributed by atoms with Gasteiger partial charge >= 0.3 is 6.18 Å². The second-order valence-electron chi connectivity index (χ2n) is 23.5. The lowest BCUT2D eigenvalue weighted by Crippen LogP contribution is -2.39. The molecule has 1 spiro atoms. The molecule has 16 heteroatoms. The number of carbonyl (C=O) groups excluding carboxylic acids is 4. The molecule has 2 N–H and O–H groups in total. The van der Waals surface area contributed by atoms with Crippen LogP contribution in [0.25, 0.3) is 10.9 Å². The van der Waals surface area contributed by atoms with Crippen LogP contribution in [0.1, 0.15) is 139 Å². The highest BCUT2D eigenvalue weighted by atomic mass is 19.4. The van der Waals surface area contributed by atoms with Gasteiger partial charge in [0.15, 0.2) is 5.79 Å². The first-order valence-corrected chi connectivity index (χ1v) is 30.3. The molecule has 88 heavy (non-hydrogen) atoms. The number of ketones is 1. The van der Waals surface area contributed by atoms with Gasteiger partial charge in [-0.1, -0.05) is 158 Å². The van der Waals surface area contributed by atoms with E-state index in [0.29, 0.717) is 68.6 Å². The highest BCUT2D eigenvalue weighted by Gasteiger charge is 2.45. The average molecular weight is 1180 g/mol. The number of fused-ring (bicyclic) bond motifs is 4. The molecular formula is C72H68F3N7O6. The van der Waals surface area contributed by atoms with Crippen molar-refractivity contribution in [3.63, 3.8) is 0 Å². The van der Waals surface area contributed by atoms with Crippen LogP contribution in [0.15, 0.2) is 191 Å². The molecule has 6 aliphatic rings. The van der Waals surface area contributed by atoms with E-state index in [9.17, 15) is 27.6 Å². The number of alkyl halides is 3. The Morgan fingerprint density at radius 2 is 1.07 bits per heavy atom. The Hall–Kier alpha value is -8.99. The largest absolute Gasteiger partial charge is 0.446 e. The number of Topliss-reactive ketones (excluding diaryl/α,β-unsaturated/α-hetero) is 1. The molecule has 13 nitrogen and oxygen atoms in total. The molecule has 8 aromatic rings. The molecule has 1 saturated heterocycles.